The van der Waals surface area contributed by atoms with Crippen molar-refractivity contribution in [3.63, 3.8) is 0 Å². The molecule has 0 radical (unpaired) electrons. The molecule has 5 nitrogen and oxygen atoms in total. The van der Waals surface area contributed by atoms with Gasteiger partial charge >= 0.3 is 0 Å². The lowest BCUT2D eigenvalue weighted by molar-refractivity contribution is 0.0937. The van der Waals surface area contributed by atoms with Gasteiger partial charge in [0.25, 0.3) is 5.91 Å². The van der Waals surface area contributed by atoms with Crippen LogP contribution in [-0.4, -0.2) is 20.7 Å². The minimum Gasteiger partial charge on any atom is -0.342 e. The van der Waals surface area contributed by atoms with Crippen LogP contribution in [0.25, 0.3) is 0 Å². The third-order valence-corrected chi connectivity index (χ3v) is 5.40. The van der Waals surface area contributed by atoms with Crippen LogP contribution >= 0.6 is 11.3 Å². The summed E-state index contributed by atoms with van der Waals surface area (Å²) in [5.74, 6) is 0.815. The van der Waals surface area contributed by atoms with Gasteiger partial charge in [-0.2, -0.15) is 0 Å². The fourth-order valence-electron chi connectivity index (χ4n) is 3.06. The molecule has 1 N–H and O–H groups in total. The van der Waals surface area contributed by atoms with Gasteiger partial charge in [0, 0.05) is 16.3 Å². The van der Waals surface area contributed by atoms with E-state index in [4.69, 9.17) is 0 Å². The second-order valence-corrected chi connectivity index (χ2v) is 6.88. The zero-order valence-corrected chi connectivity index (χ0v) is 13.9. The Labute approximate surface area is 134 Å². The zero-order chi connectivity index (χ0) is 15.5. The summed E-state index contributed by atoms with van der Waals surface area (Å²) in [7, 11) is 0. The van der Waals surface area contributed by atoms with Crippen LogP contribution in [0.3, 0.4) is 0 Å². The van der Waals surface area contributed by atoms with Crippen molar-refractivity contribution in [1.82, 2.24) is 20.1 Å². The molecule has 2 aromatic heterocycles. The average Bonchev–Trinajstić information content (AvgIpc) is 3.25. The first kappa shape index (κ1) is 15.2. The van der Waals surface area contributed by atoms with E-state index < -0.39 is 0 Å². The molecule has 3 rings (SSSR count). The van der Waals surface area contributed by atoms with Crippen molar-refractivity contribution in [1.29, 1.82) is 0 Å². The first-order valence-corrected chi connectivity index (χ1v) is 8.84. The molecular weight excluding hydrogens is 296 g/mol. The number of carbonyl (C=O) groups is 1. The van der Waals surface area contributed by atoms with Crippen molar-refractivity contribution in [3.8, 4) is 0 Å². The summed E-state index contributed by atoms with van der Waals surface area (Å²) in [5.41, 5.74) is 0.737. The van der Waals surface area contributed by atoms with Crippen molar-refractivity contribution in [2.45, 2.75) is 58.0 Å². The molecule has 1 fully saturated rings. The molecular formula is C16H22N4OS. The lowest BCUT2D eigenvalue weighted by atomic mass is 10.2. The highest BCUT2D eigenvalue weighted by molar-refractivity contribution is 7.10. The summed E-state index contributed by atoms with van der Waals surface area (Å²) >= 11 is 1.63. The Morgan fingerprint density at radius 3 is 2.95 bits per heavy atom. The monoisotopic (exact) mass is 318 g/mol. The molecule has 0 saturated heterocycles. The van der Waals surface area contributed by atoms with E-state index in [9.17, 15) is 4.79 Å². The SMILES string of the molecule is CCc1cc(C(=O)N[C@@H](C)c2nncn2C2CCCC2)cs1. The van der Waals surface area contributed by atoms with Crippen molar-refractivity contribution in [2.75, 3.05) is 0 Å². The summed E-state index contributed by atoms with van der Waals surface area (Å²) in [6, 6.07) is 2.31. The standard InChI is InChI=1S/C16H22N4OS/c1-3-14-8-12(9-22-14)16(21)18-11(2)15-19-17-10-20(15)13-6-4-5-7-13/h8-11,13H,3-7H2,1-2H3,(H,18,21)/t11-/m0/s1. The third kappa shape index (κ3) is 3.06. The molecule has 0 unspecified atom stereocenters. The minimum absolute atomic E-state index is 0.0376. The summed E-state index contributed by atoms with van der Waals surface area (Å²) in [4.78, 5) is 13.6. The predicted molar refractivity (Wildman–Crippen MR) is 87.1 cm³/mol. The maximum atomic E-state index is 12.4. The first-order valence-electron chi connectivity index (χ1n) is 7.96. The maximum Gasteiger partial charge on any atom is 0.252 e. The first-order chi connectivity index (χ1) is 10.7. The van der Waals surface area contributed by atoms with Gasteiger partial charge in [0.2, 0.25) is 0 Å². The number of carbonyl (C=O) groups excluding carboxylic acids is 1. The van der Waals surface area contributed by atoms with Crippen LogP contribution in [0, 0.1) is 0 Å². The molecule has 0 bridgehead atoms. The smallest absolute Gasteiger partial charge is 0.252 e. The van der Waals surface area contributed by atoms with Gasteiger partial charge in [-0.1, -0.05) is 19.8 Å². The van der Waals surface area contributed by atoms with E-state index in [0.29, 0.717) is 6.04 Å². The van der Waals surface area contributed by atoms with Crippen molar-refractivity contribution >= 4 is 17.2 Å². The summed E-state index contributed by atoms with van der Waals surface area (Å²) < 4.78 is 2.14. The van der Waals surface area contributed by atoms with Gasteiger partial charge in [-0.15, -0.1) is 21.5 Å². The number of amides is 1. The second-order valence-electron chi connectivity index (χ2n) is 5.89. The van der Waals surface area contributed by atoms with Crippen molar-refractivity contribution in [3.05, 3.63) is 34.0 Å². The summed E-state index contributed by atoms with van der Waals surface area (Å²) in [6.07, 6.45) is 7.64. The number of nitrogens with zero attached hydrogens (tertiary/aromatic N) is 3. The summed E-state index contributed by atoms with van der Waals surface area (Å²) in [5, 5.41) is 13.2. The fraction of sp³-hybridized carbons (Fsp3) is 0.562. The second kappa shape index (κ2) is 6.60. The van der Waals surface area contributed by atoms with Gasteiger partial charge in [0.15, 0.2) is 5.82 Å². The Morgan fingerprint density at radius 2 is 2.27 bits per heavy atom. The van der Waals surface area contributed by atoms with Crippen LogP contribution in [0.5, 0.6) is 0 Å². The highest BCUT2D eigenvalue weighted by Gasteiger charge is 2.23. The molecule has 0 aliphatic heterocycles. The lowest BCUT2D eigenvalue weighted by Gasteiger charge is -2.18. The molecule has 22 heavy (non-hydrogen) atoms. The van der Waals surface area contributed by atoms with Crippen LogP contribution in [-0.2, 0) is 6.42 Å². The minimum atomic E-state index is -0.138. The molecule has 1 aliphatic rings. The van der Waals surface area contributed by atoms with Gasteiger partial charge in [0.1, 0.15) is 6.33 Å². The molecule has 0 aromatic carbocycles. The number of aryl methyl sites for hydroxylation is 1. The van der Waals surface area contributed by atoms with Crippen LogP contribution in [0.1, 0.15) is 72.7 Å². The third-order valence-electron chi connectivity index (χ3n) is 4.32. The largest absolute Gasteiger partial charge is 0.342 e. The van der Waals surface area contributed by atoms with Crippen molar-refractivity contribution in [2.24, 2.45) is 0 Å². The highest BCUT2D eigenvalue weighted by Crippen LogP contribution is 2.31. The molecule has 118 valence electrons. The zero-order valence-electron chi connectivity index (χ0n) is 13.1. The van der Waals surface area contributed by atoms with E-state index in [0.717, 1.165) is 17.8 Å². The number of thiophene rings is 1. The molecule has 1 aliphatic carbocycles. The average molecular weight is 318 g/mol. The fourth-order valence-corrected chi connectivity index (χ4v) is 3.87. The van der Waals surface area contributed by atoms with Gasteiger partial charge in [0.05, 0.1) is 11.6 Å². The Bertz CT molecular complexity index is 642. The normalized spacial score (nSPS) is 16.8. The van der Waals surface area contributed by atoms with Crippen LogP contribution < -0.4 is 5.32 Å². The van der Waals surface area contributed by atoms with E-state index in [-0.39, 0.29) is 11.9 Å². The molecule has 1 atom stereocenters. The maximum absolute atomic E-state index is 12.4. The van der Waals surface area contributed by atoms with Crippen LogP contribution in [0.4, 0.5) is 0 Å². The molecule has 0 spiro atoms. The Balaban J connectivity index is 1.70. The van der Waals surface area contributed by atoms with Crippen LogP contribution in [0.2, 0.25) is 0 Å². The Hall–Kier alpha value is -1.69. The summed E-state index contributed by atoms with van der Waals surface area (Å²) in [6.45, 7) is 4.07. The van der Waals surface area contributed by atoms with Gasteiger partial charge in [-0.05, 0) is 32.3 Å². The molecule has 2 aromatic rings. The van der Waals surface area contributed by atoms with Crippen LogP contribution in [0.15, 0.2) is 17.8 Å². The Kier molecular flexibility index (Phi) is 4.57. The van der Waals surface area contributed by atoms with E-state index in [1.165, 1.54) is 30.6 Å². The Morgan fingerprint density at radius 1 is 1.50 bits per heavy atom. The van der Waals surface area contributed by atoms with Gasteiger partial charge < -0.3 is 9.88 Å². The van der Waals surface area contributed by atoms with E-state index in [1.54, 1.807) is 17.7 Å². The number of hydrogen-bond donors (Lipinski definition) is 1. The predicted octanol–water partition coefficient (Wildman–Crippen LogP) is 3.51. The quantitative estimate of drug-likeness (QED) is 0.917. The number of aromatic nitrogens is 3. The van der Waals surface area contributed by atoms with E-state index in [1.807, 2.05) is 18.4 Å². The van der Waals surface area contributed by atoms with E-state index in [2.05, 4.69) is 27.0 Å². The number of rotatable bonds is 5. The number of hydrogen-bond acceptors (Lipinski definition) is 4. The lowest BCUT2D eigenvalue weighted by Crippen LogP contribution is -2.29. The van der Waals surface area contributed by atoms with Gasteiger partial charge in [-0.3, -0.25) is 4.79 Å². The molecule has 2 heterocycles. The van der Waals surface area contributed by atoms with Gasteiger partial charge in [-0.25, -0.2) is 0 Å². The molecule has 6 heteroatoms. The number of nitrogens with one attached hydrogen (secondary N) is 1. The van der Waals surface area contributed by atoms with E-state index >= 15 is 0 Å². The highest BCUT2D eigenvalue weighted by atomic mass is 32.1. The molecule has 1 saturated carbocycles. The van der Waals surface area contributed by atoms with Crippen molar-refractivity contribution < 1.29 is 4.79 Å². The molecule has 1 amide bonds. The topological polar surface area (TPSA) is 59.8 Å².